The summed E-state index contributed by atoms with van der Waals surface area (Å²) >= 11 is 0. The summed E-state index contributed by atoms with van der Waals surface area (Å²) in [7, 11) is 0. The number of anilines is 1. The molecule has 0 N–H and O–H groups in total. The van der Waals surface area contributed by atoms with Gasteiger partial charge in [0, 0.05) is 11.6 Å². The lowest BCUT2D eigenvalue weighted by Crippen LogP contribution is -2.51. The van der Waals surface area contributed by atoms with E-state index in [-0.39, 0.29) is 11.8 Å². The van der Waals surface area contributed by atoms with Crippen molar-refractivity contribution < 1.29 is 4.79 Å². The van der Waals surface area contributed by atoms with Crippen LogP contribution in [0.4, 0.5) is 5.69 Å². The summed E-state index contributed by atoms with van der Waals surface area (Å²) in [5, 5.41) is 6.80. The zero-order valence-corrected chi connectivity index (χ0v) is 23.5. The molecule has 0 aromatic heterocycles. The number of aryl methyl sites for hydroxylation is 1. The number of para-hydroxylation sites is 1. The second kappa shape index (κ2) is 10.7. The number of rotatable bonds is 5. The Labute approximate surface area is 246 Å². The van der Waals surface area contributed by atoms with E-state index < -0.39 is 11.5 Å². The van der Waals surface area contributed by atoms with Crippen LogP contribution in [-0.2, 0) is 4.79 Å². The minimum absolute atomic E-state index is 0.0521. The van der Waals surface area contributed by atoms with Crippen molar-refractivity contribution in [2.45, 2.75) is 25.3 Å². The highest BCUT2D eigenvalue weighted by Crippen LogP contribution is 2.58. The van der Waals surface area contributed by atoms with Crippen molar-refractivity contribution in [3.8, 4) is 0 Å². The normalized spacial score (nSPS) is 21.7. The minimum Gasteiger partial charge on any atom is -0.279 e. The van der Waals surface area contributed by atoms with Crippen LogP contribution in [0.1, 0.15) is 46.2 Å². The molecular formula is C38H31N3O. The summed E-state index contributed by atoms with van der Waals surface area (Å²) in [5.41, 5.74) is 6.71. The first-order valence-electron chi connectivity index (χ1n) is 14.4. The maximum atomic E-state index is 15.3. The molecule has 0 radical (unpaired) electrons. The van der Waals surface area contributed by atoms with Crippen molar-refractivity contribution >= 4 is 23.0 Å². The number of hydrogen-bond acceptors (Lipinski definition) is 3. The summed E-state index contributed by atoms with van der Waals surface area (Å²) in [5.74, 6) is -0.265. The number of amides is 1. The van der Waals surface area contributed by atoms with Crippen molar-refractivity contribution in [2.75, 3.05) is 5.01 Å². The van der Waals surface area contributed by atoms with Gasteiger partial charge in [-0.3, -0.25) is 9.79 Å². The highest BCUT2D eigenvalue weighted by atomic mass is 16.2. The first kappa shape index (κ1) is 25.8. The van der Waals surface area contributed by atoms with Gasteiger partial charge in [0.15, 0.2) is 0 Å². The first-order chi connectivity index (χ1) is 20.7. The Morgan fingerprint density at radius 2 is 1.24 bits per heavy atom. The molecule has 0 bridgehead atoms. The molecule has 5 aromatic carbocycles. The molecule has 1 amide bonds. The average molecular weight is 546 g/mol. The summed E-state index contributed by atoms with van der Waals surface area (Å²) in [6.45, 7) is 2.11. The van der Waals surface area contributed by atoms with Gasteiger partial charge < -0.3 is 0 Å². The Morgan fingerprint density at radius 1 is 0.667 bits per heavy atom. The van der Waals surface area contributed by atoms with Gasteiger partial charge in [-0.2, -0.15) is 10.1 Å². The smallest absolute Gasteiger partial charge is 0.262 e. The fraction of sp³-hybridized carbons (Fsp3) is 0.132. The highest BCUT2D eigenvalue weighted by Gasteiger charge is 2.63. The summed E-state index contributed by atoms with van der Waals surface area (Å²) in [6, 6.07) is 48.6. The molecule has 42 heavy (non-hydrogen) atoms. The van der Waals surface area contributed by atoms with Crippen molar-refractivity contribution in [3.05, 3.63) is 173 Å². The zero-order valence-electron chi connectivity index (χ0n) is 23.5. The van der Waals surface area contributed by atoms with Gasteiger partial charge in [-0.05, 0) is 47.7 Å². The number of hydrazone groups is 1. The van der Waals surface area contributed by atoms with Crippen LogP contribution < -0.4 is 5.01 Å². The SMILES string of the molecule is Cc1cccc([C@@H]2CC(c3ccccc3)=N[C@H](c3ccccc3)[C@]23C(=O)N(c2ccccc2)N=C3c2ccccc2)c1. The third-order valence-electron chi connectivity index (χ3n) is 8.52. The van der Waals surface area contributed by atoms with Crippen molar-refractivity contribution in [2.24, 2.45) is 15.5 Å². The average Bonchev–Trinajstić information content (AvgIpc) is 3.35. The summed E-state index contributed by atoms with van der Waals surface area (Å²) in [4.78, 5) is 20.8. The third-order valence-corrected chi connectivity index (χ3v) is 8.52. The number of carbonyl (C=O) groups excluding carboxylic acids is 1. The van der Waals surface area contributed by atoms with E-state index in [1.165, 1.54) is 0 Å². The van der Waals surface area contributed by atoms with Crippen LogP contribution in [0.3, 0.4) is 0 Å². The molecule has 5 aromatic rings. The molecule has 7 rings (SSSR count). The third kappa shape index (κ3) is 4.27. The number of carbonyl (C=O) groups is 1. The van der Waals surface area contributed by atoms with E-state index in [0.717, 1.165) is 44.9 Å². The molecule has 0 saturated carbocycles. The van der Waals surface area contributed by atoms with E-state index in [1.54, 1.807) is 5.01 Å². The molecule has 2 heterocycles. The second-order valence-electron chi connectivity index (χ2n) is 11.1. The lowest BCUT2D eigenvalue weighted by atomic mass is 9.58. The van der Waals surface area contributed by atoms with Gasteiger partial charge in [-0.1, -0.05) is 139 Å². The quantitative estimate of drug-likeness (QED) is 0.220. The fourth-order valence-electron chi connectivity index (χ4n) is 6.62. The Balaban J connectivity index is 1.56. The highest BCUT2D eigenvalue weighted by molar-refractivity contribution is 6.27. The predicted molar refractivity (Wildman–Crippen MR) is 170 cm³/mol. The van der Waals surface area contributed by atoms with Gasteiger partial charge in [0.05, 0.1) is 17.4 Å². The molecule has 2 aliphatic heterocycles. The van der Waals surface area contributed by atoms with Crippen LogP contribution >= 0.6 is 0 Å². The summed E-state index contributed by atoms with van der Waals surface area (Å²) < 4.78 is 0. The molecule has 2 aliphatic rings. The Kier molecular flexibility index (Phi) is 6.59. The number of hydrogen-bond donors (Lipinski definition) is 0. The molecule has 3 atom stereocenters. The topological polar surface area (TPSA) is 45.0 Å². The molecule has 0 saturated heterocycles. The molecule has 1 spiro atoms. The zero-order chi connectivity index (χ0) is 28.5. The Morgan fingerprint density at radius 3 is 1.88 bits per heavy atom. The van der Waals surface area contributed by atoms with E-state index in [0.29, 0.717) is 6.42 Å². The first-order valence-corrected chi connectivity index (χ1v) is 14.4. The van der Waals surface area contributed by atoms with Gasteiger partial charge in [-0.25, -0.2) is 0 Å². The molecule has 4 nitrogen and oxygen atoms in total. The predicted octanol–water partition coefficient (Wildman–Crippen LogP) is 8.15. The maximum absolute atomic E-state index is 15.3. The van der Waals surface area contributed by atoms with Crippen LogP contribution in [-0.4, -0.2) is 17.3 Å². The molecular weight excluding hydrogens is 514 g/mol. The van der Waals surface area contributed by atoms with Crippen LogP contribution in [0.5, 0.6) is 0 Å². The van der Waals surface area contributed by atoms with E-state index >= 15 is 4.79 Å². The van der Waals surface area contributed by atoms with E-state index in [2.05, 4.69) is 79.7 Å². The number of aliphatic imine (C=N–C) groups is 1. The van der Waals surface area contributed by atoms with Crippen LogP contribution in [0.25, 0.3) is 0 Å². The number of nitrogens with zero attached hydrogens (tertiary/aromatic N) is 3. The molecule has 0 fully saturated rings. The van der Waals surface area contributed by atoms with Crippen LogP contribution in [0.2, 0.25) is 0 Å². The maximum Gasteiger partial charge on any atom is 0.262 e. The monoisotopic (exact) mass is 545 g/mol. The van der Waals surface area contributed by atoms with Gasteiger partial charge in [-0.15, -0.1) is 0 Å². The van der Waals surface area contributed by atoms with E-state index in [9.17, 15) is 0 Å². The Bertz CT molecular complexity index is 1780. The van der Waals surface area contributed by atoms with Crippen molar-refractivity contribution in [1.82, 2.24) is 0 Å². The van der Waals surface area contributed by atoms with Crippen LogP contribution in [0.15, 0.2) is 156 Å². The van der Waals surface area contributed by atoms with Gasteiger partial charge >= 0.3 is 0 Å². The van der Waals surface area contributed by atoms with E-state index in [4.69, 9.17) is 10.1 Å². The second-order valence-corrected chi connectivity index (χ2v) is 11.1. The largest absolute Gasteiger partial charge is 0.279 e. The standard InChI is InChI=1S/C38H31N3O/c1-27-15-14-22-31(25-27)33-26-34(28-16-6-2-7-17-28)39-35(29-18-8-3-9-19-29)38(33)36(30-20-10-4-11-21-30)40-41(37(38)42)32-23-12-5-13-24-32/h2-25,33,35H,26H2,1H3/t33-,35+,38+/m0/s1. The van der Waals surface area contributed by atoms with Crippen molar-refractivity contribution in [1.29, 1.82) is 0 Å². The Hall–Kier alpha value is -5.09. The minimum atomic E-state index is -1.08. The van der Waals surface area contributed by atoms with Gasteiger partial charge in [0.2, 0.25) is 0 Å². The lowest BCUT2D eigenvalue weighted by Gasteiger charge is -2.45. The fourth-order valence-corrected chi connectivity index (χ4v) is 6.62. The van der Waals surface area contributed by atoms with Crippen molar-refractivity contribution in [3.63, 3.8) is 0 Å². The van der Waals surface area contributed by atoms with Gasteiger partial charge in [0.1, 0.15) is 5.41 Å². The molecule has 204 valence electrons. The molecule has 0 aliphatic carbocycles. The van der Waals surface area contributed by atoms with Crippen LogP contribution in [0, 0.1) is 12.3 Å². The summed E-state index contributed by atoms with van der Waals surface area (Å²) in [6.07, 6.45) is 0.608. The lowest BCUT2D eigenvalue weighted by molar-refractivity contribution is -0.126. The molecule has 0 unspecified atom stereocenters. The molecule has 4 heteroatoms. The van der Waals surface area contributed by atoms with E-state index in [1.807, 2.05) is 72.8 Å². The number of benzene rings is 5. The van der Waals surface area contributed by atoms with Gasteiger partial charge in [0.25, 0.3) is 5.91 Å².